The quantitative estimate of drug-likeness (QED) is 0.208. The predicted molar refractivity (Wildman–Crippen MR) is 159 cm³/mol. The van der Waals surface area contributed by atoms with Crippen molar-refractivity contribution < 1.29 is 29.0 Å². The molecule has 2 unspecified atom stereocenters. The first-order chi connectivity index (χ1) is 19.6. The van der Waals surface area contributed by atoms with E-state index < -0.39 is 41.1 Å². The van der Waals surface area contributed by atoms with Crippen molar-refractivity contribution in [1.29, 1.82) is 0 Å². The number of allylic oxidation sites excluding steroid dienone is 1. The molecule has 224 valence electrons. The highest BCUT2D eigenvalue weighted by molar-refractivity contribution is 6.05. The number of carbonyl (C=O) groups excluding carboxylic acids is 3. The molecule has 0 aromatic heterocycles. The fourth-order valence-corrected chi connectivity index (χ4v) is 7.08. The summed E-state index contributed by atoms with van der Waals surface area (Å²) in [7, 11) is 0. The van der Waals surface area contributed by atoms with Crippen molar-refractivity contribution in [1.82, 2.24) is 4.90 Å². The molecule has 3 saturated heterocycles. The Bertz CT molecular complexity index is 1150. The molecule has 2 bridgehead atoms. The summed E-state index contributed by atoms with van der Waals surface area (Å²) in [5, 5.41) is 10.1. The molecular formula is C32H45N3O6. The maximum atomic E-state index is 14.6. The summed E-state index contributed by atoms with van der Waals surface area (Å²) < 4.78 is 12.3. The number of unbranched alkanes of at least 4 members (excludes halogenated alkanes) is 1. The smallest absolute Gasteiger partial charge is 0.312 e. The number of anilines is 2. The number of likely N-dealkylation sites (tertiary alicyclic amines) is 1. The van der Waals surface area contributed by atoms with Gasteiger partial charge < -0.3 is 29.3 Å². The molecule has 41 heavy (non-hydrogen) atoms. The molecule has 3 fully saturated rings. The number of aliphatic hydroxyl groups is 1. The average molecular weight is 568 g/mol. The fourth-order valence-electron chi connectivity index (χ4n) is 7.08. The van der Waals surface area contributed by atoms with Crippen molar-refractivity contribution in [3.05, 3.63) is 49.6 Å². The summed E-state index contributed by atoms with van der Waals surface area (Å²) in [6.07, 6.45) is 5.75. The van der Waals surface area contributed by atoms with Gasteiger partial charge in [0.25, 0.3) is 5.91 Å². The molecule has 6 atom stereocenters. The zero-order valence-electron chi connectivity index (χ0n) is 24.9. The van der Waals surface area contributed by atoms with E-state index in [4.69, 9.17) is 9.47 Å². The van der Waals surface area contributed by atoms with Gasteiger partial charge in [0.1, 0.15) is 17.6 Å². The van der Waals surface area contributed by atoms with Crippen molar-refractivity contribution in [2.75, 3.05) is 42.6 Å². The standard InChI is InChI=1S/C32H45N3O6/c1-7-11-12-20-40-30(39)26-25-28(37)35(22(5)21-36)27(32(25)18-17-31(26,6)41-32)29(38)34(19-8-2)24-15-13-23(14-16-24)33(9-3)10-4/h7-8,13-16,22,25-27,36H,1-2,9-12,17-21H2,3-6H3/t22-,25+,26+,27?,31-,32?/m1/s1. The zero-order chi connectivity index (χ0) is 29.9. The van der Waals surface area contributed by atoms with Crippen molar-refractivity contribution in [3.63, 3.8) is 0 Å². The van der Waals surface area contributed by atoms with Crippen LogP contribution < -0.4 is 9.80 Å². The summed E-state index contributed by atoms with van der Waals surface area (Å²) in [6, 6.07) is 6.11. The molecule has 1 aromatic rings. The van der Waals surface area contributed by atoms with Crippen molar-refractivity contribution in [3.8, 4) is 0 Å². The van der Waals surface area contributed by atoms with E-state index in [-0.39, 0.29) is 31.6 Å². The number of amides is 2. The van der Waals surface area contributed by atoms with Crippen molar-refractivity contribution in [2.24, 2.45) is 11.8 Å². The third-order valence-corrected chi connectivity index (χ3v) is 9.11. The van der Waals surface area contributed by atoms with E-state index in [1.165, 1.54) is 4.90 Å². The van der Waals surface area contributed by atoms with E-state index >= 15 is 0 Å². The highest BCUT2D eigenvalue weighted by Gasteiger charge is 2.79. The monoisotopic (exact) mass is 567 g/mol. The molecule has 1 aromatic carbocycles. The Morgan fingerprint density at radius 3 is 2.41 bits per heavy atom. The van der Waals surface area contributed by atoms with Gasteiger partial charge in [-0.3, -0.25) is 14.4 Å². The van der Waals surface area contributed by atoms with Gasteiger partial charge in [-0.15, -0.1) is 13.2 Å². The molecule has 3 aliphatic heterocycles. The minimum absolute atomic E-state index is 0.223. The van der Waals surface area contributed by atoms with Gasteiger partial charge >= 0.3 is 5.97 Å². The molecule has 4 rings (SSSR count). The van der Waals surface area contributed by atoms with Gasteiger partial charge in [-0.2, -0.15) is 0 Å². The Morgan fingerprint density at radius 1 is 1.17 bits per heavy atom. The van der Waals surface area contributed by atoms with E-state index in [1.807, 2.05) is 31.2 Å². The van der Waals surface area contributed by atoms with E-state index in [0.29, 0.717) is 31.4 Å². The first-order valence-electron chi connectivity index (χ1n) is 14.8. The average Bonchev–Trinajstić information content (AvgIpc) is 3.55. The van der Waals surface area contributed by atoms with E-state index in [2.05, 4.69) is 31.9 Å². The van der Waals surface area contributed by atoms with Gasteiger partial charge in [0.2, 0.25) is 5.91 Å². The lowest BCUT2D eigenvalue weighted by Crippen LogP contribution is -2.58. The predicted octanol–water partition coefficient (Wildman–Crippen LogP) is 3.71. The van der Waals surface area contributed by atoms with Gasteiger partial charge in [0.05, 0.1) is 30.8 Å². The second-order valence-corrected chi connectivity index (χ2v) is 11.5. The largest absolute Gasteiger partial charge is 0.465 e. The normalized spacial score (nSPS) is 28.8. The van der Waals surface area contributed by atoms with Crippen LogP contribution >= 0.6 is 0 Å². The van der Waals surface area contributed by atoms with Gasteiger partial charge in [0, 0.05) is 31.0 Å². The first kappa shape index (κ1) is 30.8. The van der Waals surface area contributed by atoms with E-state index in [0.717, 1.165) is 18.8 Å². The van der Waals surface area contributed by atoms with E-state index in [9.17, 15) is 19.5 Å². The number of hydrogen-bond donors (Lipinski definition) is 1. The van der Waals surface area contributed by atoms with Crippen molar-refractivity contribution in [2.45, 2.75) is 76.7 Å². The Balaban J connectivity index is 1.72. The third-order valence-electron chi connectivity index (χ3n) is 9.11. The Hall–Kier alpha value is -3.17. The lowest BCUT2D eigenvalue weighted by Gasteiger charge is -2.38. The highest BCUT2D eigenvalue weighted by atomic mass is 16.6. The van der Waals surface area contributed by atoms with Crippen LogP contribution in [0.3, 0.4) is 0 Å². The van der Waals surface area contributed by atoms with Crippen molar-refractivity contribution >= 4 is 29.2 Å². The second kappa shape index (κ2) is 12.4. The molecule has 9 heteroatoms. The van der Waals surface area contributed by atoms with Gasteiger partial charge in [-0.25, -0.2) is 0 Å². The molecule has 1 N–H and O–H groups in total. The van der Waals surface area contributed by atoms with E-state index in [1.54, 1.807) is 24.0 Å². The SMILES string of the molecule is C=CCCCOC(=O)[C@@H]1[C@H]2C(=O)N([C@H](C)CO)C(C(=O)N(CC=C)c3ccc(N(CC)CC)cc3)C23CC[C@@]1(C)O3. The summed E-state index contributed by atoms with van der Waals surface area (Å²) in [5.74, 6) is -2.85. The van der Waals surface area contributed by atoms with Crippen LogP contribution in [0.25, 0.3) is 0 Å². The van der Waals surface area contributed by atoms with Crippen LogP contribution in [0.1, 0.15) is 53.4 Å². The highest BCUT2D eigenvalue weighted by Crippen LogP contribution is 2.63. The summed E-state index contributed by atoms with van der Waals surface area (Å²) >= 11 is 0. The van der Waals surface area contributed by atoms with Crippen LogP contribution in [0.15, 0.2) is 49.6 Å². The minimum Gasteiger partial charge on any atom is -0.465 e. The number of rotatable bonds is 14. The summed E-state index contributed by atoms with van der Waals surface area (Å²) in [6.45, 7) is 17.2. The lowest BCUT2D eigenvalue weighted by atomic mass is 9.66. The molecular weight excluding hydrogens is 522 g/mol. The number of carbonyl (C=O) groups is 3. The van der Waals surface area contributed by atoms with Crippen LogP contribution in [-0.4, -0.2) is 83.9 Å². The maximum absolute atomic E-state index is 14.6. The Morgan fingerprint density at radius 2 is 1.83 bits per heavy atom. The van der Waals surface area contributed by atoms with Gasteiger partial charge in [-0.1, -0.05) is 12.2 Å². The third kappa shape index (κ3) is 5.18. The topological polar surface area (TPSA) is 99.6 Å². The van der Waals surface area contributed by atoms with Crippen LogP contribution in [0.2, 0.25) is 0 Å². The molecule has 0 saturated carbocycles. The number of esters is 1. The first-order valence-corrected chi connectivity index (χ1v) is 14.8. The van der Waals surface area contributed by atoms with Gasteiger partial charge in [-0.05, 0) is 77.6 Å². The minimum atomic E-state index is -1.20. The number of benzene rings is 1. The Labute approximate surface area is 243 Å². The Kier molecular flexibility index (Phi) is 9.29. The number of aliphatic hydroxyl groups excluding tert-OH is 1. The maximum Gasteiger partial charge on any atom is 0.312 e. The molecule has 3 heterocycles. The molecule has 0 aliphatic carbocycles. The number of fused-ring (bicyclic) bond motifs is 1. The van der Waals surface area contributed by atoms with Crippen LogP contribution in [-0.2, 0) is 23.9 Å². The summed E-state index contributed by atoms with van der Waals surface area (Å²) in [4.78, 5) is 47.5. The molecule has 1 spiro atoms. The molecule has 3 aliphatic rings. The van der Waals surface area contributed by atoms with Crippen LogP contribution in [0.4, 0.5) is 11.4 Å². The van der Waals surface area contributed by atoms with Crippen LogP contribution in [0.5, 0.6) is 0 Å². The fraction of sp³-hybridized carbons (Fsp3) is 0.594. The molecule has 9 nitrogen and oxygen atoms in total. The number of nitrogens with zero attached hydrogens (tertiary/aromatic N) is 3. The number of ether oxygens (including phenoxy) is 2. The molecule has 2 amide bonds. The van der Waals surface area contributed by atoms with Crippen LogP contribution in [0, 0.1) is 11.8 Å². The zero-order valence-corrected chi connectivity index (χ0v) is 24.9. The van der Waals surface area contributed by atoms with Gasteiger partial charge in [0.15, 0.2) is 0 Å². The molecule has 0 radical (unpaired) electrons. The second-order valence-electron chi connectivity index (χ2n) is 11.5. The lowest BCUT2D eigenvalue weighted by molar-refractivity contribution is -0.160. The summed E-state index contributed by atoms with van der Waals surface area (Å²) in [5.41, 5.74) is -0.392. The number of hydrogen-bond acceptors (Lipinski definition) is 7.